The summed E-state index contributed by atoms with van der Waals surface area (Å²) in [5.74, 6) is 0. The highest BCUT2D eigenvalue weighted by Gasteiger charge is 2.02. The maximum Gasteiger partial charge on any atom is 0.121 e. The predicted molar refractivity (Wildman–Crippen MR) is 44.3 cm³/mol. The molecule has 0 saturated heterocycles. The van der Waals surface area contributed by atoms with E-state index in [9.17, 15) is 0 Å². The Morgan fingerprint density at radius 2 is 2.62 bits per heavy atom. The molecule has 3 heteroatoms. The van der Waals surface area contributed by atoms with Crippen molar-refractivity contribution in [2.24, 2.45) is 9.98 Å². The first-order valence-corrected chi connectivity index (χ1v) is 3.72. The number of rotatable bonds is 0. The minimum absolute atomic E-state index is 0.373. The second-order valence-corrected chi connectivity index (χ2v) is 3.14. The summed E-state index contributed by atoms with van der Waals surface area (Å²) in [4.78, 5) is 8.31. The molecule has 1 aliphatic heterocycles. The van der Waals surface area contributed by atoms with Gasteiger partial charge in [-0.05, 0) is 6.92 Å². The van der Waals surface area contributed by atoms with E-state index in [2.05, 4.69) is 32.6 Å². The summed E-state index contributed by atoms with van der Waals surface area (Å²) in [5.41, 5.74) is 1.04. The molecule has 1 rings (SSSR count). The zero-order chi connectivity index (χ0) is 5.98. The SMILES string of the molecule is CC1=NC(I)CN=C1. The third-order valence-electron chi connectivity index (χ3n) is 0.878. The molecule has 44 valence electrons. The van der Waals surface area contributed by atoms with Crippen LogP contribution < -0.4 is 0 Å². The van der Waals surface area contributed by atoms with Gasteiger partial charge in [0.1, 0.15) is 4.05 Å². The predicted octanol–water partition coefficient (Wildman–Crippen LogP) is 1.29. The summed E-state index contributed by atoms with van der Waals surface area (Å²) >= 11 is 2.27. The zero-order valence-electron chi connectivity index (χ0n) is 4.63. The van der Waals surface area contributed by atoms with Crippen LogP contribution in [0.2, 0.25) is 0 Å². The third-order valence-corrected chi connectivity index (χ3v) is 1.55. The highest BCUT2D eigenvalue weighted by Crippen LogP contribution is 2.05. The first-order valence-electron chi connectivity index (χ1n) is 2.47. The number of alkyl halides is 1. The molecule has 0 amide bonds. The number of nitrogens with zero attached hydrogens (tertiary/aromatic N) is 2. The van der Waals surface area contributed by atoms with Gasteiger partial charge in [-0.25, -0.2) is 0 Å². The third kappa shape index (κ3) is 1.54. The first kappa shape index (κ1) is 6.19. The van der Waals surface area contributed by atoms with E-state index in [0.29, 0.717) is 4.05 Å². The lowest BCUT2D eigenvalue weighted by atomic mass is 10.4. The Balaban J connectivity index is 2.63. The molecule has 1 heterocycles. The lowest BCUT2D eigenvalue weighted by Crippen LogP contribution is -2.10. The fourth-order valence-electron chi connectivity index (χ4n) is 0.567. The monoisotopic (exact) mass is 222 g/mol. The van der Waals surface area contributed by atoms with Gasteiger partial charge in [-0.3, -0.25) is 9.98 Å². The largest absolute Gasteiger partial charge is 0.288 e. The van der Waals surface area contributed by atoms with Crippen molar-refractivity contribution in [1.82, 2.24) is 0 Å². The maximum atomic E-state index is 4.24. The zero-order valence-corrected chi connectivity index (χ0v) is 6.79. The molecule has 0 aromatic carbocycles. The van der Waals surface area contributed by atoms with Gasteiger partial charge in [0.25, 0.3) is 0 Å². The summed E-state index contributed by atoms with van der Waals surface area (Å²) in [6.07, 6.45) is 1.81. The average molecular weight is 222 g/mol. The van der Waals surface area contributed by atoms with Crippen LogP contribution in [-0.4, -0.2) is 22.5 Å². The summed E-state index contributed by atoms with van der Waals surface area (Å²) in [5, 5.41) is 0. The Bertz CT molecular complexity index is 139. The number of aliphatic imine (C=N–C) groups is 2. The average Bonchev–Trinajstić information content (AvgIpc) is 1.64. The van der Waals surface area contributed by atoms with Crippen LogP contribution in [0.15, 0.2) is 9.98 Å². The van der Waals surface area contributed by atoms with Crippen molar-refractivity contribution >= 4 is 34.5 Å². The van der Waals surface area contributed by atoms with Crippen molar-refractivity contribution in [3.63, 3.8) is 0 Å². The van der Waals surface area contributed by atoms with Gasteiger partial charge >= 0.3 is 0 Å². The van der Waals surface area contributed by atoms with E-state index in [0.717, 1.165) is 12.3 Å². The van der Waals surface area contributed by atoms with Crippen LogP contribution in [0.3, 0.4) is 0 Å². The van der Waals surface area contributed by atoms with E-state index in [1.807, 2.05) is 13.1 Å². The lowest BCUT2D eigenvalue weighted by Gasteiger charge is -2.04. The maximum absolute atomic E-state index is 4.24. The van der Waals surface area contributed by atoms with E-state index in [-0.39, 0.29) is 0 Å². The second kappa shape index (κ2) is 2.57. The van der Waals surface area contributed by atoms with E-state index in [4.69, 9.17) is 0 Å². The molecular weight excluding hydrogens is 215 g/mol. The van der Waals surface area contributed by atoms with Gasteiger partial charge in [0.05, 0.1) is 12.3 Å². The highest BCUT2D eigenvalue weighted by molar-refractivity contribution is 14.1. The van der Waals surface area contributed by atoms with E-state index < -0.39 is 0 Å². The molecular formula is C5H7IN2. The van der Waals surface area contributed by atoms with Crippen LogP contribution in [0, 0.1) is 0 Å². The van der Waals surface area contributed by atoms with Crippen LogP contribution in [0.25, 0.3) is 0 Å². The number of halogens is 1. The molecule has 1 atom stereocenters. The van der Waals surface area contributed by atoms with Gasteiger partial charge in [0.2, 0.25) is 0 Å². The lowest BCUT2D eigenvalue weighted by molar-refractivity contribution is 0.938. The summed E-state index contributed by atoms with van der Waals surface area (Å²) < 4.78 is 0.373. The van der Waals surface area contributed by atoms with Gasteiger partial charge in [-0.15, -0.1) is 0 Å². The van der Waals surface area contributed by atoms with Crippen molar-refractivity contribution in [3.05, 3.63) is 0 Å². The molecule has 1 aliphatic rings. The standard InChI is InChI=1S/C5H7IN2/c1-4-2-7-3-5(6)8-4/h2,5H,3H2,1H3. The molecule has 0 spiro atoms. The van der Waals surface area contributed by atoms with Crippen LogP contribution in [0.4, 0.5) is 0 Å². The fourth-order valence-corrected chi connectivity index (χ4v) is 1.23. The number of hydrogen-bond acceptors (Lipinski definition) is 2. The first-order chi connectivity index (χ1) is 3.79. The highest BCUT2D eigenvalue weighted by atomic mass is 127. The molecule has 0 aliphatic carbocycles. The molecule has 0 saturated carbocycles. The Morgan fingerprint density at radius 3 is 3.00 bits per heavy atom. The van der Waals surface area contributed by atoms with Crippen molar-refractivity contribution in [2.45, 2.75) is 11.0 Å². The van der Waals surface area contributed by atoms with Gasteiger partial charge < -0.3 is 0 Å². The van der Waals surface area contributed by atoms with Gasteiger partial charge in [-0.2, -0.15) is 0 Å². The van der Waals surface area contributed by atoms with Gasteiger partial charge in [-0.1, -0.05) is 22.6 Å². The van der Waals surface area contributed by atoms with Crippen molar-refractivity contribution in [3.8, 4) is 0 Å². The molecule has 0 radical (unpaired) electrons. The van der Waals surface area contributed by atoms with Crippen LogP contribution >= 0.6 is 22.6 Å². The fraction of sp³-hybridized carbons (Fsp3) is 0.600. The van der Waals surface area contributed by atoms with E-state index in [1.165, 1.54) is 0 Å². The van der Waals surface area contributed by atoms with Gasteiger partial charge in [0.15, 0.2) is 0 Å². The molecule has 0 aromatic heterocycles. The number of hydrogen-bond donors (Lipinski definition) is 0. The van der Waals surface area contributed by atoms with Crippen molar-refractivity contribution < 1.29 is 0 Å². The molecule has 0 aromatic rings. The van der Waals surface area contributed by atoms with E-state index in [1.54, 1.807) is 0 Å². The summed E-state index contributed by atoms with van der Waals surface area (Å²) in [6, 6.07) is 0. The van der Waals surface area contributed by atoms with Crippen molar-refractivity contribution in [1.29, 1.82) is 0 Å². The Kier molecular flexibility index (Phi) is 1.99. The smallest absolute Gasteiger partial charge is 0.121 e. The molecule has 2 nitrogen and oxygen atoms in total. The summed E-state index contributed by atoms with van der Waals surface area (Å²) in [6.45, 7) is 2.81. The minimum atomic E-state index is 0.373. The Labute approximate surface area is 62.2 Å². The normalized spacial score (nSPS) is 27.8. The van der Waals surface area contributed by atoms with Gasteiger partial charge in [0, 0.05) is 6.21 Å². The van der Waals surface area contributed by atoms with E-state index >= 15 is 0 Å². The molecule has 0 bridgehead atoms. The molecule has 8 heavy (non-hydrogen) atoms. The van der Waals surface area contributed by atoms with Crippen molar-refractivity contribution in [2.75, 3.05) is 6.54 Å². The summed E-state index contributed by atoms with van der Waals surface area (Å²) in [7, 11) is 0. The quantitative estimate of drug-likeness (QED) is 0.335. The molecule has 1 unspecified atom stereocenters. The molecule has 0 fully saturated rings. The topological polar surface area (TPSA) is 24.7 Å². The minimum Gasteiger partial charge on any atom is -0.288 e. The van der Waals surface area contributed by atoms with Crippen LogP contribution in [0.5, 0.6) is 0 Å². The Morgan fingerprint density at radius 1 is 1.88 bits per heavy atom. The van der Waals surface area contributed by atoms with Crippen LogP contribution in [-0.2, 0) is 0 Å². The molecule has 0 N–H and O–H groups in total. The van der Waals surface area contributed by atoms with Crippen LogP contribution in [0.1, 0.15) is 6.92 Å². The Hall–Kier alpha value is 0.0700. The second-order valence-electron chi connectivity index (χ2n) is 1.70.